The lowest BCUT2D eigenvalue weighted by atomic mass is 10.1. The van der Waals surface area contributed by atoms with Gasteiger partial charge in [-0.2, -0.15) is 0 Å². The van der Waals surface area contributed by atoms with E-state index in [1.165, 1.54) is 12.1 Å². The van der Waals surface area contributed by atoms with Crippen LogP contribution in [-0.2, 0) is 6.54 Å². The SMILES string of the molecule is Cc1ccc(NC(=O)c2cc3ccc(C)cc3nc2NCc2ccc(F)cc2)cc1. The zero-order valence-electron chi connectivity index (χ0n) is 16.9. The summed E-state index contributed by atoms with van der Waals surface area (Å²) in [4.78, 5) is 17.7. The molecule has 0 saturated heterocycles. The fourth-order valence-electron chi connectivity index (χ4n) is 3.21. The summed E-state index contributed by atoms with van der Waals surface area (Å²) in [7, 11) is 0. The Morgan fingerprint density at radius 3 is 2.33 bits per heavy atom. The number of halogens is 1. The van der Waals surface area contributed by atoms with Gasteiger partial charge >= 0.3 is 0 Å². The Morgan fingerprint density at radius 2 is 1.60 bits per heavy atom. The number of benzene rings is 3. The van der Waals surface area contributed by atoms with E-state index >= 15 is 0 Å². The molecule has 4 rings (SSSR count). The number of carbonyl (C=O) groups excluding carboxylic acids is 1. The van der Waals surface area contributed by atoms with Gasteiger partial charge in [-0.1, -0.05) is 42.0 Å². The molecular formula is C25H22FN3O. The summed E-state index contributed by atoms with van der Waals surface area (Å²) in [6.07, 6.45) is 0. The molecule has 4 aromatic rings. The number of hydrogen-bond acceptors (Lipinski definition) is 3. The summed E-state index contributed by atoms with van der Waals surface area (Å²) in [5.41, 5.74) is 5.10. The van der Waals surface area contributed by atoms with Crippen LogP contribution < -0.4 is 10.6 Å². The van der Waals surface area contributed by atoms with Gasteiger partial charge in [-0.25, -0.2) is 9.37 Å². The Morgan fingerprint density at radius 1 is 0.900 bits per heavy atom. The first-order chi connectivity index (χ1) is 14.5. The van der Waals surface area contributed by atoms with Gasteiger partial charge in [0.05, 0.1) is 11.1 Å². The zero-order chi connectivity index (χ0) is 21.1. The smallest absolute Gasteiger partial charge is 0.259 e. The molecule has 0 spiro atoms. The van der Waals surface area contributed by atoms with E-state index in [-0.39, 0.29) is 11.7 Å². The van der Waals surface area contributed by atoms with Gasteiger partial charge in [-0.05, 0) is 61.4 Å². The van der Waals surface area contributed by atoms with Crippen molar-refractivity contribution in [1.82, 2.24) is 4.98 Å². The largest absolute Gasteiger partial charge is 0.365 e. The summed E-state index contributed by atoms with van der Waals surface area (Å²) in [6, 6.07) is 21.7. The van der Waals surface area contributed by atoms with Crippen molar-refractivity contribution in [2.75, 3.05) is 10.6 Å². The molecule has 1 heterocycles. The number of carbonyl (C=O) groups is 1. The summed E-state index contributed by atoms with van der Waals surface area (Å²) >= 11 is 0. The van der Waals surface area contributed by atoms with Crippen LogP contribution in [0, 0.1) is 19.7 Å². The second-order valence-electron chi connectivity index (χ2n) is 7.38. The van der Waals surface area contributed by atoms with Crippen LogP contribution >= 0.6 is 0 Å². The lowest BCUT2D eigenvalue weighted by molar-refractivity contribution is 0.102. The molecule has 1 amide bonds. The van der Waals surface area contributed by atoms with E-state index in [1.807, 2.05) is 62.4 Å². The molecule has 0 atom stereocenters. The van der Waals surface area contributed by atoms with Crippen LogP contribution in [0.4, 0.5) is 15.9 Å². The molecule has 150 valence electrons. The number of fused-ring (bicyclic) bond motifs is 1. The van der Waals surface area contributed by atoms with Crippen molar-refractivity contribution >= 4 is 28.3 Å². The average molecular weight is 399 g/mol. The predicted molar refractivity (Wildman–Crippen MR) is 119 cm³/mol. The lowest BCUT2D eigenvalue weighted by Crippen LogP contribution is -2.16. The molecule has 0 saturated carbocycles. The number of amides is 1. The van der Waals surface area contributed by atoms with Crippen molar-refractivity contribution in [2.24, 2.45) is 0 Å². The summed E-state index contributed by atoms with van der Waals surface area (Å²) in [5.74, 6) is -0.0336. The van der Waals surface area contributed by atoms with Gasteiger partial charge in [0.1, 0.15) is 11.6 Å². The first-order valence-electron chi connectivity index (χ1n) is 9.76. The van der Waals surface area contributed by atoms with Crippen LogP contribution in [0.15, 0.2) is 72.8 Å². The molecule has 0 unspecified atom stereocenters. The summed E-state index contributed by atoms with van der Waals surface area (Å²) in [5, 5.41) is 7.07. The number of anilines is 2. The van der Waals surface area contributed by atoms with Gasteiger partial charge in [0.15, 0.2) is 0 Å². The summed E-state index contributed by atoms with van der Waals surface area (Å²) in [6.45, 7) is 4.43. The topological polar surface area (TPSA) is 54.0 Å². The zero-order valence-corrected chi connectivity index (χ0v) is 16.9. The molecule has 0 aliphatic rings. The fraction of sp³-hybridized carbons (Fsp3) is 0.120. The maximum atomic E-state index is 13.2. The monoisotopic (exact) mass is 399 g/mol. The molecular weight excluding hydrogens is 377 g/mol. The van der Waals surface area contributed by atoms with E-state index in [1.54, 1.807) is 12.1 Å². The number of nitrogens with zero attached hydrogens (tertiary/aromatic N) is 1. The number of hydrogen-bond donors (Lipinski definition) is 2. The first kappa shape index (κ1) is 19.6. The van der Waals surface area contributed by atoms with Gasteiger partial charge in [0.25, 0.3) is 5.91 Å². The first-order valence-corrected chi connectivity index (χ1v) is 9.76. The Balaban J connectivity index is 1.67. The third-order valence-electron chi connectivity index (χ3n) is 4.90. The number of nitrogens with one attached hydrogen (secondary N) is 2. The maximum Gasteiger partial charge on any atom is 0.259 e. The number of aromatic nitrogens is 1. The van der Waals surface area contributed by atoms with Gasteiger partial charge in [0.2, 0.25) is 0 Å². The minimum Gasteiger partial charge on any atom is -0.365 e. The normalized spacial score (nSPS) is 10.8. The van der Waals surface area contributed by atoms with Crippen LogP contribution in [-0.4, -0.2) is 10.9 Å². The molecule has 1 aromatic heterocycles. The van der Waals surface area contributed by atoms with Gasteiger partial charge in [0, 0.05) is 17.6 Å². The highest BCUT2D eigenvalue weighted by atomic mass is 19.1. The van der Waals surface area contributed by atoms with Crippen LogP contribution in [0.5, 0.6) is 0 Å². The van der Waals surface area contributed by atoms with E-state index in [0.717, 1.165) is 33.3 Å². The van der Waals surface area contributed by atoms with E-state index in [2.05, 4.69) is 10.6 Å². The van der Waals surface area contributed by atoms with Crippen molar-refractivity contribution in [3.8, 4) is 0 Å². The van der Waals surface area contributed by atoms with Crippen molar-refractivity contribution in [3.63, 3.8) is 0 Å². The Kier molecular flexibility index (Phi) is 5.44. The highest BCUT2D eigenvalue weighted by Gasteiger charge is 2.15. The van der Waals surface area contributed by atoms with Crippen molar-refractivity contribution in [2.45, 2.75) is 20.4 Å². The van der Waals surface area contributed by atoms with Crippen molar-refractivity contribution in [3.05, 3.63) is 101 Å². The molecule has 0 fully saturated rings. The van der Waals surface area contributed by atoms with E-state index in [9.17, 15) is 9.18 Å². The third kappa shape index (κ3) is 4.46. The molecule has 0 aliphatic carbocycles. The Labute approximate surface area is 174 Å². The maximum absolute atomic E-state index is 13.2. The fourth-order valence-corrected chi connectivity index (χ4v) is 3.21. The van der Waals surface area contributed by atoms with Gasteiger partial charge in [-0.15, -0.1) is 0 Å². The highest BCUT2D eigenvalue weighted by Crippen LogP contribution is 2.23. The lowest BCUT2D eigenvalue weighted by Gasteiger charge is -2.14. The molecule has 0 aliphatic heterocycles. The molecule has 0 bridgehead atoms. The van der Waals surface area contributed by atoms with Crippen molar-refractivity contribution < 1.29 is 9.18 Å². The minimum atomic E-state index is -0.281. The number of rotatable bonds is 5. The van der Waals surface area contributed by atoms with Gasteiger partial charge in [-0.3, -0.25) is 4.79 Å². The average Bonchev–Trinajstić information content (AvgIpc) is 2.74. The standard InChI is InChI=1S/C25H22FN3O/c1-16-4-11-21(12-5-16)28-25(30)22-14-19-8-3-17(2)13-23(19)29-24(22)27-15-18-6-9-20(26)10-7-18/h3-14H,15H2,1-2H3,(H,27,29)(H,28,30). The summed E-state index contributed by atoms with van der Waals surface area (Å²) < 4.78 is 13.2. The predicted octanol–water partition coefficient (Wildman–Crippen LogP) is 5.86. The molecule has 2 N–H and O–H groups in total. The van der Waals surface area contributed by atoms with E-state index in [4.69, 9.17) is 4.98 Å². The van der Waals surface area contributed by atoms with Crippen LogP contribution in [0.1, 0.15) is 27.0 Å². The quantitative estimate of drug-likeness (QED) is 0.442. The van der Waals surface area contributed by atoms with Crippen molar-refractivity contribution in [1.29, 1.82) is 0 Å². The number of aryl methyl sites for hydroxylation is 2. The van der Waals surface area contributed by atoms with E-state index < -0.39 is 0 Å². The Bertz CT molecular complexity index is 1200. The molecule has 3 aromatic carbocycles. The Hall–Kier alpha value is -3.73. The van der Waals surface area contributed by atoms with Crippen LogP contribution in [0.3, 0.4) is 0 Å². The second kappa shape index (κ2) is 8.33. The molecule has 30 heavy (non-hydrogen) atoms. The molecule has 0 radical (unpaired) electrons. The molecule has 4 nitrogen and oxygen atoms in total. The molecule has 5 heteroatoms. The van der Waals surface area contributed by atoms with E-state index in [0.29, 0.717) is 17.9 Å². The van der Waals surface area contributed by atoms with Crippen LogP contribution in [0.2, 0.25) is 0 Å². The van der Waals surface area contributed by atoms with Crippen LogP contribution in [0.25, 0.3) is 10.9 Å². The second-order valence-corrected chi connectivity index (χ2v) is 7.38. The van der Waals surface area contributed by atoms with Gasteiger partial charge < -0.3 is 10.6 Å². The number of pyridine rings is 1. The third-order valence-corrected chi connectivity index (χ3v) is 4.90. The highest BCUT2D eigenvalue weighted by molar-refractivity contribution is 6.09. The minimum absolute atomic E-state index is 0.240.